The minimum atomic E-state index is -0.0802. The lowest BCUT2D eigenvalue weighted by molar-refractivity contribution is 0.181. The van der Waals surface area contributed by atoms with Crippen molar-refractivity contribution in [2.24, 2.45) is 5.92 Å². The molecule has 1 saturated heterocycles. The summed E-state index contributed by atoms with van der Waals surface area (Å²) in [7, 11) is 0. The molecule has 2 atom stereocenters. The number of piperidine rings is 1. The fourth-order valence-electron chi connectivity index (χ4n) is 3.07. The molecule has 4 nitrogen and oxygen atoms in total. The Kier molecular flexibility index (Phi) is 6.72. The van der Waals surface area contributed by atoms with E-state index in [0.29, 0.717) is 0 Å². The zero-order valence-corrected chi connectivity index (χ0v) is 13.8. The summed E-state index contributed by atoms with van der Waals surface area (Å²) in [5.74, 6) is 0.816. The first-order valence-electron chi connectivity index (χ1n) is 8.47. The first-order chi connectivity index (χ1) is 10.6. The summed E-state index contributed by atoms with van der Waals surface area (Å²) in [6, 6.07) is 9.98. The van der Waals surface area contributed by atoms with E-state index in [2.05, 4.69) is 22.5 Å². The van der Waals surface area contributed by atoms with Crippen molar-refractivity contribution in [2.75, 3.05) is 26.2 Å². The second-order valence-corrected chi connectivity index (χ2v) is 6.43. The van der Waals surface area contributed by atoms with Gasteiger partial charge in [0.05, 0.1) is 6.04 Å². The molecule has 1 aliphatic rings. The van der Waals surface area contributed by atoms with Gasteiger partial charge >= 0.3 is 6.03 Å². The molecule has 0 bridgehead atoms. The Morgan fingerprint density at radius 3 is 2.86 bits per heavy atom. The highest BCUT2D eigenvalue weighted by Gasteiger charge is 2.15. The van der Waals surface area contributed by atoms with Gasteiger partial charge < -0.3 is 15.5 Å². The molecule has 1 aliphatic heterocycles. The molecule has 4 heteroatoms. The lowest BCUT2D eigenvalue weighted by atomic mass is 10.0. The van der Waals surface area contributed by atoms with E-state index in [1.54, 1.807) is 0 Å². The molecule has 2 rings (SSSR count). The van der Waals surface area contributed by atoms with Gasteiger partial charge in [-0.15, -0.1) is 0 Å². The van der Waals surface area contributed by atoms with Crippen LogP contribution in [-0.2, 0) is 0 Å². The van der Waals surface area contributed by atoms with E-state index >= 15 is 0 Å². The van der Waals surface area contributed by atoms with Crippen molar-refractivity contribution >= 4 is 6.03 Å². The lowest BCUT2D eigenvalue weighted by Crippen LogP contribution is -2.39. The first kappa shape index (κ1) is 16.8. The standard InChI is InChI=1S/C18H29N3O/c1-15-8-6-12-21(14-15)13-7-11-19-18(22)20-16(2)17-9-4-3-5-10-17/h3-5,9-10,15-16H,6-8,11-14H2,1-2H3,(H2,19,20,22). The van der Waals surface area contributed by atoms with Gasteiger partial charge in [-0.1, -0.05) is 37.3 Å². The molecule has 0 spiro atoms. The maximum atomic E-state index is 11.9. The summed E-state index contributed by atoms with van der Waals surface area (Å²) in [6.45, 7) is 8.56. The van der Waals surface area contributed by atoms with E-state index in [-0.39, 0.29) is 12.1 Å². The van der Waals surface area contributed by atoms with Gasteiger partial charge in [0.25, 0.3) is 0 Å². The van der Waals surface area contributed by atoms with E-state index in [0.717, 1.165) is 31.0 Å². The van der Waals surface area contributed by atoms with Crippen LogP contribution in [0.2, 0.25) is 0 Å². The van der Waals surface area contributed by atoms with Crippen LogP contribution in [0.15, 0.2) is 30.3 Å². The summed E-state index contributed by atoms with van der Waals surface area (Å²) in [4.78, 5) is 14.4. The Morgan fingerprint density at radius 1 is 1.36 bits per heavy atom. The predicted molar refractivity (Wildman–Crippen MR) is 90.8 cm³/mol. The average molecular weight is 303 g/mol. The Hall–Kier alpha value is -1.55. The van der Waals surface area contributed by atoms with Crippen LogP contribution in [0, 0.1) is 5.92 Å². The molecule has 1 aromatic carbocycles. The summed E-state index contributed by atoms with van der Waals surface area (Å²) in [6.07, 6.45) is 3.68. The quantitative estimate of drug-likeness (QED) is 0.793. The number of likely N-dealkylation sites (tertiary alicyclic amines) is 1. The molecular formula is C18H29N3O. The monoisotopic (exact) mass is 303 g/mol. The largest absolute Gasteiger partial charge is 0.338 e. The molecular weight excluding hydrogens is 274 g/mol. The number of nitrogens with one attached hydrogen (secondary N) is 2. The smallest absolute Gasteiger partial charge is 0.315 e. The van der Waals surface area contributed by atoms with Crippen LogP contribution < -0.4 is 10.6 Å². The third kappa shape index (κ3) is 5.68. The van der Waals surface area contributed by atoms with Crippen molar-refractivity contribution in [3.8, 4) is 0 Å². The van der Waals surface area contributed by atoms with Crippen molar-refractivity contribution in [2.45, 2.75) is 39.2 Å². The van der Waals surface area contributed by atoms with Crippen LogP contribution in [0.4, 0.5) is 4.79 Å². The van der Waals surface area contributed by atoms with Gasteiger partial charge in [-0.25, -0.2) is 4.79 Å². The summed E-state index contributed by atoms with van der Waals surface area (Å²) >= 11 is 0. The minimum Gasteiger partial charge on any atom is -0.338 e. The number of hydrogen-bond donors (Lipinski definition) is 2. The molecule has 0 saturated carbocycles. The number of carbonyl (C=O) groups is 1. The average Bonchev–Trinajstić information content (AvgIpc) is 2.52. The van der Waals surface area contributed by atoms with Gasteiger partial charge in [-0.2, -0.15) is 0 Å². The summed E-state index contributed by atoms with van der Waals surface area (Å²) < 4.78 is 0. The topological polar surface area (TPSA) is 44.4 Å². The molecule has 1 heterocycles. The Balaban J connectivity index is 1.59. The molecule has 2 N–H and O–H groups in total. The van der Waals surface area contributed by atoms with Gasteiger partial charge in [0.1, 0.15) is 0 Å². The van der Waals surface area contributed by atoms with Crippen molar-refractivity contribution in [3.63, 3.8) is 0 Å². The van der Waals surface area contributed by atoms with Crippen LogP contribution in [0.3, 0.4) is 0 Å². The van der Waals surface area contributed by atoms with Crippen molar-refractivity contribution < 1.29 is 4.79 Å². The maximum Gasteiger partial charge on any atom is 0.315 e. The number of rotatable bonds is 6. The van der Waals surface area contributed by atoms with Crippen LogP contribution in [0.5, 0.6) is 0 Å². The van der Waals surface area contributed by atoms with Crippen LogP contribution in [0.1, 0.15) is 44.7 Å². The van der Waals surface area contributed by atoms with Gasteiger partial charge in [0, 0.05) is 13.1 Å². The number of urea groups is 1. The van der Waals surface area contributed by atoms with Gasteiger partial charge in [-0.05, 0) is 50.8 Å². The number of benzene rings is 1. The first-order valence-corrected chi connectivity index (χ1v) is 8.47. The van der Waals surface area contributed by atoms with E-state index in [4.69, 9.17) is 0 Å². The highest BCUT2D eigenvalue weighted by Crippen LogP contribution is 2.15. The Bertz CT molecular complexity index is 449. The number of nitrogens with zero attached hydrogens (tertiary/aromatic N) is 1. The second-order valence-electron chi connectivity index (χ2n) is 6.43. The second kappa shape index (κ2) is 8.79. The maximum absolute atomic E-state index is 11.9. The highest BCUT2D eigenvalue weighted by molar-refractivity contribution is 5.74. The fourth-order valence-corrected chi connectivity index (χ4v) is 3.07. The minimum absolute atomic E-state index is 0.0316. The van der Waals surface area contributed by atoms with E-state index in [9.17, 15) is 4.79 Å². The van der Waals surface area contributed by atoms with Crippen LogP contribution in [0.25, 0.3) is 0 Å². The molecule has 0 aliphatic carbocycles. The van der Waals surface area contributed by atoms with Crippen LogP contribution in [-0.4, -0.2) is 37.1 Å². The summed E-state index contributed by atoms with van der Waals surface area (Å²) in [5, 5.41) is 5.94. The number of amides is 2. The van der Waals surface area contributed by atoms with E-state index in [1.165, 1.54) is 25.9 Å². The molecule has 2 unspecified atom stereocenters. The highest BCUT2D eigenvalue weighted by atomic mass is 16.2. The number of carbonyl (C=O) groups excluding carboxylic acids is 1. The zero-order chi connectivity index (χ0) is 15.8. The Morgan fingerprint density at radius 2 is 2.14 bits per heavy atom. The fraction of sp³-hybridized carbons (Fsp3) is 0.611. The predicted octanol–water partition coefficient (Wildman–Crippen LogP) is 3.17. The van der Waals surface area contributed by atoms with E-state index < -0.39 is 0 Å². The third-order valence-corrected chi connectivity index (χ3v) is 4.32. The molecule has 2 amide bonds. The van der Waals surface area contributed by atoms with Gasteiger partial charge in [0.2, 0.25) is 0 Å². The van der Waals surface area contributed by atoms with Gasteiger partial charge in [0.15, 0.2) is 0 Å². The third-order valence-electron chi connectivity index (χ3n) is 4.32. The molecule has 1 aromatic rings. The molecule has 0 aromatic heterocycles. The van der Waals surface area contributed by atoms with Crippen molar-refractivity contribution in [1.29, 1.82) is 0 Å². The normalized spacial score (nSPS) is 20.4. The van der Waals surface area contributed by atoms with Crippen LogP contribution >= 0.6 is 0 Å². The SMILES string of the molecule is CC1CCCN(CCCNC(=O)NC(C)c2ccccc2)C1. The van der Waals surface area contributed by atoms with Crippen molar-refractivity contribution in [3.05, 3.63) is 35.9 Å². The Labute approximate surface area is 134 Å². The lowest BCUT2D eigenvalue weighted by Gasteiger charge is -2.30. The molecule has 1 fully saturated rings. The van der Waals surface area contributed by atoms with Gasteiger partial charge in [-0.3, -0.25) is 0 Å². The van der Waals surface area contributed by atoms with Crippen molar-refractivity contribution in [1.82, 2.24) is 15.5 Å². The zero-order valence-electron chi connectivity index (χ0n) is 13.8. The van der Waals surface area contributed by atoms with E-state index in [1.807, 2.05) is 37.3 Å². The number of hydrogen-bond acceptors (Lipinski definition) is 2. The summed E-state index contributed by atoms with van der Waals surface area (Å²) in [5.41, 5.74) is 1.12. The molecule has 22 heavy (non-hydrogen) atoms. The molecule has 0 radical (unpaired) electrons. The molecule has 122 valence electrons.